The molecule has 4 aliphatic heterocycles. The van der Waals surface area contributed by atoms with Crippen molar-refractivity contribution in [1.29, 1.82) is 0 Å². The molecule has 4 fully saturated rings. The van der Waals surface area contributed by atoms with Crippen molar-refractivity contribution >= 4 is 12.0 Å². The Morgan fingerprint density at radius 2 is 1.83 bits per heavy atom. The monoisotopic (exact) mass is 408 g/mol. The minimum Gasteiger partial charge on any atom is -0.441 e. The van der Waals surface area contributed by atoms with E-state index < -0.39 is 5.60 Å². The zero-order valence-electron chi connectivity index (χ0n) is 18.0. The van der Waals surface area contributed by atoms with Gasteiger partial charge in [-0.05, 0) is 20.3 Å². The lowest BCUT2D eigenvalue weighted by atomic mass is 9.90. The number of hydrogen-bond acceptors (Lipinski definition) is 6. The van der Waals surface area contributed by atoms with Crippen LogP contribution in [0.1, 0.15) is 33.1 Å². The number of carbonyl (C=O) groups is 2. The second kappa shape index (κ2) is 8.78. The van der Waals surface area contributed by atoms with E-state index in [0.717, 1.165) is 58.5 Å². The normalized spacial score (nSPS) is 28.5. The molecule has 0 aromatic rings. The van der Waals surface area contributed by atoms with Gasteiger partial charge in [0, 0.05) is 77.8 Å². The van der Waals surface area contributed by atoms with E-state index in [9.17, 15) is 9.59 Å². The van der Waals surface area contributed by atoms with Gasteiger partial charge in [0.05, 0.1) is 19.1 Å². The van der Waals surface area contributed by atoms with Gasteiger partial charge in [-0.15, -0.1) is 0 Å². The lowest BCUT2D eigenvalue weighted by molar-refractivity contribution is -0.138. The molecule has 0 N–H and O–H groups in total. The quantitative estimate of drug-likeness (QED) is 0.672. The summed E-state index contributed by atoms with van der Waals surface area (Å²) in [5.74, 6) is 0.224. The van der Waals surface area contributed by atoms with Gasteiger partial charge in [0.15, 0.2) is 0 Å². The van der Waals surface area contributed by atoms with E-state index in [2.05, 4.69) is 23.6 Å². The number of piperidine rings is 1. The van der Waals surface area contributed by atoms with E-state index in [0.29, 0.717) is 38.9 Å². The Kier molecular flexibility index (Phi) is 6.32. The highest BCUT2D eigenvalue weighted by Crippen LogP contribution is 2.34. The maximum absolute atomic E-state index is 12.6. The van der Waals surface area contributed by atoms with Gasteiger partial charge >= 0.3 is 6.09 Å². The van der Waals surface area contributed by atoms with Crippen LogP contribution in [0.5, 0.6) is 0 Å². The molecular weight excluding hydrogens is 372 g/mol. The zero-order valence-corrected chi connectivity index (χ0v) is 18.0. The maximum Gasteiger partial charge on any atom is 0.410 e. The molecule has 0 aromatic heterocycles. The molecule has 0 unspecified atom stereocenters. The third kappa shape index (κ3) is 4.70. The first-order valence-electron chi connectivity index (χ1n) is 11.3. The minimum absolute atomic E-state index is 0.0165. The van der Waals surface area contributed by atoms with Crippen LogP contribution in [0.3, 0.4) is 0 Å². The maximum atomic E-state index is 12.6. The summed E-state index contributed by atoms with van der Waals surface area (Å²) in [7, 11) is 0. The number of ether oxygens (including phenoxy) is 2. The Morgan fingerprint density at radius 1 is 1.10 bits per heavy atom. The second-order valence-corrected chi connectivity index (χ2v) is 9.33. The van der Waals surface area contributed by atoms with Crippen molar-refractivity contribution in [3.8, 4) is 0 Å². The highest BCUT2D eigenvalue weighted by Gasteiger charge is 2.47. The molecule has 164 valence electrons. The fourth-order valence-corrected chi connectivity index (χ4v) is 5.01. The van der Waals surface area contributed by atoms with E-state index in [1.807, 2.05) is 9.80 Å². The first kappa shape index (κ1) is 20.9. The van der Waals surface area contributed by atoms with Crippen molar-refractivity contribution in [3.63, 3.8) is 0 Å². The van der Waals surface area contributed by atoms with E-state index in [4.69, 9.17) is 9.47 Å². The Morgan fingerprint density at radius 3 is 2.45 bits per heavy atom. The first-order valence-corrected chi connectivity index (χ1v) is 11.3. The van der Waals surface area contributed by atoms with Gasteiger partial charge in [-0.1, -0.05) is 0 Å². The molecule has 4 rings (SSSR count). The zero-order chi connectivity index (χ0) is 20.4. The van der Waals surface area contributed by atoms with Crippen LogP contribution in [0.15, 0.2) is 0 Å². The molecule has 29 heavy (non-hydrogen) atoms. The van der Waals surface area contributed by atoms with Gasteiger partial charge in [0.1, 0.15) is 5.60 Å². The SMILES string of the molecule is CC(C)N1CCN(CCN2CC3(CCN(C(=O)[C@@H]4CCOC4)CC3)OC2=O)CC1. The average Bonchev–Trinajstić information content (AvgIpc) is 3.35. The number of nitrogens with zero attached hydrogens (tertiary/aromatic N) is 4. The summed E-state index contributed by atoms with van der Waals surface area (Å²) in [4.78, 5) is 33.8. The number of likely N-dealkylation sites (tertiary alicyclic amines) is 1. The second-order valence-electron chi connectivity index (χ2n) is 9.33. The molecule has 0 aliphatic carbocycles. The van der Waals surface area contributed by atoms with Crippen LogP contribution in [-0.2, 0) is 14.3 Å². The minimum atomic E-state index is -0.406. The summed E-state index contributed by atoms with van der Waals surface area (Å²) in [5, 5.41) is 0. The van der Waals surface area contributed by atoms with Gasteiger partial charge in [0.2, 0.25) is 5.91 Å². The Hall–Kier alpha value is -1.38. The number of amides is 2. The van der Waals surface area contributed by atoms with E-state index >= 15 is 0 Å². The molecule has 0 aromatic carbocycles. The summed E-state index contributed by atoms with van der Waals surface area (Å²) in [5.41, 5.74) is -0.406. The molecular formula is C21H36N4O4. The highest BCUT2D eigenvalue weighted by atomic mass is 16.6. The van der Waals surface area contributed by atoms with Crippen LogP contribution in [0, 0.1) is 5.92 Å². The predicted molar refractivity (Wildman–Crippen MR) is 109 cm³/mol. The highest BCUT2D eigenvalue weighted by molar-refractivity contribution is 5.79. The molecule has 0 bridgehead atoms. The number of carbonyl (C=O) groups excluding carboxylic acids is 2. The molecule has 1 spiro atoms. The van der Waals surface area contributed by atoms with Gasteiger partial charge in [-0.25, -0.2) is 4.79 Å². The molecule has 8 nitrogen and oxygen atoms in total. The molecule has 8 heteroatoms. The summed E-state index contributed by atoms with van der Waals surface area (Å²) in [6.07, 6.45) is 2.12. The number of rotatable bonds is 5. The largest absolute Gasteiger partial charge is 0.441 e. The van der Waals surface area contributed by atoms with Gasteiger partial charge in [0.25, 0.3) is 0 Å². The van der Waals surface area contributed by atoms with Crippen LogP contribution in [0.4, 0.5) is 4.79 Å². The number of piperazine rings is 1. The van der Waals surface area contributed by atoms with Gasteiger partial charge < -0.3 is 19.3 Å². The molecule has 0 radical (unpaired) electrons. The van der Waals surface area contributed by atoms with Crippen LogP contribution in [0.25, 0.3) is 0 Å². The van der Waals surface area contributed by atoms with Gasteiger partial charge in [-0.3, -0.25) is 14.6 Å². The summed E-state index contributed by atoms with van der Waals surface area (Å²) >= 11 is 0. The van der Waals surface area contributed by atoms with Crippen LogP contribution < -0.4 is 0 Å². The molecule has 4 aliphatic rings. The number of hydrogen-bond donors (Lipinski definition) is 0. The third-order valence-corrected chi connectivity index (χ3v) is 7.13. The summed E-state index contributed by atoms with van der Waals surface area (Å²) in [6, 6.07) is 0.601. The van der Waals surface area contributed by atoms with Crippen molar-refractivity contribution in [2.75, 3.05) is 72.1 Å². The fourth-order valence-electron chi connectivity index (χ4n) is 5.01. The van der Waals surface area contributed by atoms with Crippen molar-refractivity contribution in [1.82, 2.24) is 19.6 Å². The molecule has 4 saturated heterocycles. The van der Waals surface area contributed by atoms with E-state index in [-0.39, 0.29) is 17.9 Å². The van der Waals surface area contributed by atoms with E-state index in [1.54, 1.807) is 0 Å². The van der Waals surface area contributed by atoms with Crippen LogP contribution in [-0.4, -0.2) is 115 Å². The lowest BCUT2D eigenvalue weighted by Gasteiger charge is -2.38. The standard InChI is InChI=1S/C21H36N4O4/c1-17(2)23-11-8-22(9-12-23)10-13-25-16-21(29-20(25)27)4-6-24(7-5-21)19(26)18-3-14-28-15-18/h17-18H,3-16H2,1-2H3/t18-/m1/s1. The fraction of sp³-hybridized carbons (Fsp3) is 0.905. The summed E-state index contributed by atoms with van der Waals surface area (Å²) in [6.45, 7) is 13.7. The van der Waals surface area contributed by atoms with Crippen molar-refractivity contribution < 1.29 is 19.1 Å². The Labute approximate surface area is 174 Å². The van der Waals surface area contributed by atoms with Crippen molar-refractivity contribution in [2.45, 2.75) is 44.8 Å². The van der Waals surface area contributed by atoms with E-state index in [1.165, 1.54) is 0 Å². The summed E-state index contributed by atoms with van der Waals surface area (Å²) < 4.78 is 11.2. The van der Waals surface area contributed by atoms with Crippen molar-refractivity contribution in [2.24, 2.45) is 5.92 Å². The first-order chi connectivity index (χ1) is 14.0. The van der Waals surface area contributed by atoms with Gasteiger partial charge in [-0.2, -0.15) is 0 Å². The topological polar surface area (TPSA) is 65.6 Å². The smallest absolute Gasteiger partial charge is 0.410 e. The third-order valence-electron chi connectivity index (χ3n) is 7.13. The molecule has 0 saturated carbocycles. The Balaban J connectivity index is 1.22. The molecule has 2 amide bonds. The molecule has 1 atom stereocenters. The predicted octanol–water partition coefficient (Wildman–Crippen LogP) is 0.862. The van der Waals surface area contributed by atoms with Crippen LogP contribution in [0.2, 0.25) is 0 Å². The Bertz CT molecular complexity index is 591. The molecule has 4 heterocycles. The van der Waals surface area contributed by atoms with Crippen molar-refractivity contribution in [3.05, 3.63) is 0 Å². The van der Waals surface area contributed by atoms with Crippen LogP contribution >= 0.6 is 0 Å². The lowest BCUT2D eigenvalue weighted by Crippen LogP contribution is -2.51. The average molecular weight is 409 g/mol.